The van der Waals surface area contributed by atoms with E-state index >= 15 is 8.78 Å². The number of hydrogen-bond donors (Lipinski definition) is 1. The Kier molecular flexibility index (Phi) is 8.91. The molecule has 282 valence electrons. The number of alkyl halides is 2. The third-order valence-electron chi connectivity index (χ3n) is 11.7. The predicted octanol–water partition coefficient (Wildman–Crippen LogP) is 6.97. The first-order chi connectivity index (χ1) is 25.6. The van der Waals surface area contributed by atoms with Crippen LogP contribution in [-0.2, 0) is 25.7 Å². The number of benzene rings is 3. The summed E-state index contributed by atoms with van der Waals surface area (Å²) in [6.07, 6.45) is 1.94. The van der Waals surface area contributed by atoms with Crippen LogP contribution in [0.15, 0.2) is 60.2 Å². The Bertz CT molecular complexity index is 2160. The molecule has 3 heterocycles. The standard InChI is InChI=1S/C38H29Cl3F5N3O5/c39-18-6-9-24(50)22(14-18)26-20-7-8-21-25(34(52)48(33(21)51)19-10-12-47(13-11-19)16-17-4-2-1-3-5-17)23(20)15-37(40)35(53)49(36(54)38(26,37)41)32-30(45)28(43)27(42)29(44)31(32)46/h1-7,9,14,19,21,23,25-26,50H,8,10-13,15-16H2/t21-,23+,25-,26+,37+,38-/m0/s1. The number of fused-ring (bicyclic) bond motifs is 4. The zero-order valence-electron chi connectivity index (χ0n) is 28.0. The van der Waals surface area contributed by atoms with Gasteiger partial charge in [-0.1, -0.05) is 53.6 Å². The first-order valence-corrected chi connectivity index (χ1v) is 18.3. The number of nitrogens with zero attached hydrogens (tertiary/aromatic N) is 3. The molecule has 3 aliphatic heterocycles. The number of carbonyl (C=O) groups is 4. The van der Waals surface area contributed by atoms with Crippen molar-refractivity contribution >= 4 is 64.1 Å². The lowest BCUT2D eigenvalue weighted by Gasteiger charge is -2.50. The predicted molar refractivity (Wildman–Crippen MR) is 186 cm³/mol. The van der Waals surface area contributed by atoms with Gasteiger partial charge in [-0.05, 0) is 55.4 Å². The van der Waals surface area contributed by atoms with Gasteiger partial charge in [0.2, 0.25) is 17.6 Å². The summed E-state index contributed by atoms with van der Waals surface area (Å²) in [6.45, 7) is 1.91. The van der Waals surface area contributed by atoms with Crippen LogP contribution in [0.4, 0.5) is 27.6 Å². The zero-order valence-corrected chi connectivity index (χ0v) is 30.2. The molecular formula is C38H29Cl3F5N3O5. The Hall–Kier alpha value is -4.04. The van der Waals surface area contributed by atoms with Gasteiger partial charge in [-0.2, -0.15) is 0 Å². The van der Waals surface area contributed by atoms with Gasteiger partial charge >= 0.3 is 0 Å². The first-order valence-electron chi connectivity index (χ1n) is 17.2. The molecule has 5 aliphatic rings. The van der Waals surface area contributed by atoms with Crippen molar-refractivity contribution in [3.05, 3.63) is 105 Å². The number of amides is 4. The number of halogens is 8. The number of anilines is 1. The summed E-state index contributed by atoms with van der Waals surface area (Å²) in [5.41, 5.74) is -0.690. The molecule has 1 saturated carbocycles. The van der Waals surface area contributed by atoms with Crippen LogP contribution >= 0.6 is 34.8 Å². The summed E-state index contributed by atoms with van der Waals surface area (Å²) >= 11 is 20.6. The number of piperidine rings is 1. The fraction of sp³-hybridized carbons (Fsp3) is 0.368. The number of allylic oxidation sites excluding steroid dienone is 2. The van der Waals surface area contributed by atoms with Crippen molar-refractivity contribution in [3.63, 3.8) is 0 Å². The Morgan fingerprint density at radius 3 is 2.07 bits per heavy atom. The molecule has 0 aromatic heterocycles. The molecule has 4 amide bonds. The molecule has 0 unspecified atom stereocenters. The molecule has 3 aromatic carbocycles. The highest BCUT2D eigenvalue weighted by Crippen LogP contribution is 2.67. The number of imide groups is 2. The second kappa shape index (κ2) is 13.0. The van der Waals surface area contributed by atoms with Gasteiger partial charge in [-0.3, -0.25) is 29.0 Å². The second-order valence-corrected chi connectivity index (χ2v) is 16.1. The molecule has 8 rings (SSSR count). The van der Waals surface area contributed by atoms with Crippen LogP contribution in [0.2, 0.25) is 5.02 Å². The van der Waals surface area contributed by atoms with Gasteiger partial charge < -0.3 is 5.11 Å². The van der Waals surface area contributed by atoms with Gasteiger partial charge in [0.25, 0.3) is 11.8 Å². The van der Waals surface area contributed by atoms with Gasteiger partial charge in [0.1, 0.15) is 11.4 Å². The van der Waals surface area contributed by atoms with Crippen molar-refractivity contribution in [3.8, 4) is 5.75 Å². The largest absolute Gasteiger partial charge is 0.508 e. The first kappa shape index (κ1) is 36.9. The molecule has 16 heteroatoms. The molecule has 1 N–H and O–H groups in total. The van der Waals surface area contributed by atoms with Crippen LogP contribution in [0.25, 0.3) is 0 Å². The minimum atomic E-state index is -2.76. The van der Waals surface area contributed by atoms with Crippen LogP contribution in [-0.4, -0.2) is 67.4 Å². The van der Waals surface area contributed by atoms with Crippen molar-refractivity contribution in [1.29, 1.82) is 0 Å². The summed E-state index contributed by atoms with van der Waals surface area (Å²) < 4.78 is 73.6. The van der Waals surface area contributed by atoms with Crippen molar-refractivity contribution in [2.24, 2.45) is 17.8 Å². The van der Waals surface area contributed by atoms with E-state index in [0.29, 0.717) is 32.5 Å². The van der Waals surface area contributed by atoms with Crippen molar-refractivity contribution in [1.82, 2.24) is 9.80 Å². The van der Waals surface area contributed by atoms with E-state index in [1.54, 1.807) is 6.08 Å². The lowest BCUT2D eigenvalue weighted by atomic mass is 9.56. The molecule has 0 spiro atoms. The molecule has 3 saturated heterocycles. The van der Waals surface area contributed by atoms with Crippen LogP contribution in [0.1, 0.15) is 42.7 Å². The van der Waals surface area contributed by atoms with E-state index in [1.165, 1.54) is 23.1 Å². The van der Waals surface area contributed by atoms with E-state index in [0.717, 1.165) is 5.56 Å². The highest BCUT2D eigenvalue weighted by atomic mass is 35.5. The van der Waals surface area contributed by atoms with E-state index in [4.69, 9.17) is 34.8 Å². The third-order valence-corrected chi connectivity index (χ3v) is 13.4. The summed E-state index contributed by atoms with van der Waals surface area (Å²) in [4.78, 5) is 55.1. The Morgan fingerprint density at radius 1 is 0.796 bits per heavy atom. The average Bonchev–Trinajstić information content (AvgIpc) is 3.49. The normalized spacial score (nSPS) is 30.1. The number of hydrogen-bond acceptors (Lipinski definition) is 6. The third kappa shape index (κ3) is 5.10. The van der Waals surface area contributed by atoms with Crippen LogP contribution in [0, 0.1) is 46.8 Å². The fourth-order valence-corrected chi connectivity index (χ4v) is 10.3. The average molecular weight is 809 g/mol. The number of rotatable bonds is 5. The number of likely N-dealkylation sites (tertiary alicyclic amines) is 2. The second-order valence-electron chi connectivity index (χ2n) is 14.4. The van der Waals surface area contributed by atoms with Gasteiger partial charge in [0.05, 0.1) is 11.8 Å². The molecule has 2 aliphatic carbocycles. The minimum Gasteiger partial charge on any atom is -0.508 e. The van der Waals surface area contributed by atoms with Crippen molar-refractivity contribution in [2.45, 2.75) is 53.9 Å². The molecule has 0 bridgehead atoms. The molecule has 8 nitrogen and oxygen atoms in total. The SMILES string of the molecule is O=C1[C@H]2[C@H](CC=C3[C@H]2C[C@@]2(Cl)C(=O)N(c4c(F)c(F)c(F)c(F)c4F)C(=O)[C@@]2(Cl)[C@H]3c2cc(Cl)ccc2O)C(=O)N1C1CCN(Cc2ccccc2)CC1. The number of phenolic OH excluding ortho intramolecular Hbond substituents is 1. The maximum absolute atomic E-state index is 15.3. The zero-order chi connectivity index (χ0) is 38.6. The van der Waals surface area contributed by atoms with E-state index < -0.39 is 110 Å². The molecule has 4 fully saturated rings. The van der Waals surface area contributed by atoms with Gasteiger partial charge in [0.15, 0.2) is 33.0 Å². The summed E-state index contributed by atoms with van der Waals surface area (Å²) in [5.74, 6) is -21.7. The maximum atomic E-state index is 15.3. The van der Waals surface area contributed by atoms with Gasteiger partial charge in [-0.25, -0.2) is 26.9 Å². The molecular weight excluding hydrogens is 780 g/mol. The van der Waals surface area contributed by atoms with Crippen molar-refractivity contribution < 1.29 is 46.2 Å². The number of carbonyl (C=O) groups excluding carboxylic acids is 4. The minimum absolute atomic E-state index is 0.00595. The lowest BCUT2D eigenvalue weighted by molar-refractivity contribution is -0.144. The lowest BCUT2D eigenvalue weighted by Crippen LogP contribution is -2.60. The van der Waals surface area contributed by atoms with Gasteiger partial charge in [0, 0.05) is 42.2 Å². The monoisotopic (exact) mass is 807 g/mol. The summed E-state index contributed by atoms with van der Waals surface area (Å²) in [7, 11) is 0. The van der Waals surface area contributed by atoms with E-state index in [2.05, 4.69) is 4.90 Å². The quantitative estimate of drug-likeness (QED) is 0.0748. The smallest absolute Gasteiger partial charge is 0.258 e. The van der Waals surface area contributed by atoms with Crippen LogP contribution in [0.3, 0.4) is 0 Å². The highest BCUT2D eigenvalue weighted by Gasteiger charge is 2.77. The fourth-order valence-electron chi connectivity index (χ4n) is 9.23. The molecule has 0 radical (unpaired) electrons. The highest BCUT2D eigenvalue weighted by molar-refractivity contribution is 6.58. The van der Waals surface area contributed by atoms with Crippen molar-refractivity contribution in [2.75, 3.05) is 18.0 Å². The molecule has 3 aromatic rings. The number of aromatic hydroxyl groups is 1. The summed E-state index contributed by atoms with van der Waals surface area (Å²) in [6, 6.07) is 13.1. The van der Waals surface area contributed by atoms with Gasteiger partial charge in [-0.15, -0.1) is 23.2 Å². The van der Waals surface area contributed by atoms with E-state index in [-0.39, 0.29) is 27.5 Å². The Balaban J connectivity index is 1.19. The molecule has 54 heavy (non-hydrogen) atoms. The Labute approximate surface area is 320 Å². The molecule has 6 atom stereocenters. The maximum Gasteiger partial charge on any atom is 0.258 e. The number of phenols is 1. The van der Waals surface area contributed by atoms with Crippen LogP contribution in [0.5, 0.6) is 5.75 Å². The summed E-state index contributed by atoms with van der Waals surface area (Å²) in [5, 5.41) is 11.2. The topological polar surface area (TPSA) is 98.2 Å². The Morgan fingerprint density at radius 2 is 1.43 bits per heavy atom. The van der Waals surface area contributed by atoms with Crippen LogP contribution < -0.4 is 4.90 Å². The van der Waals surface area contributed by atoms with E-state index in [9.17, 15) is 37.5 Å². The van der Waals surface area contributed by atoms with E-state index in [1.807, 2.05) is 30.3 Å².